The molecule has 1 saturated carbocycles. The summed E-state index contributed by atoms with van der Waals surface area (Å²) in [5.41, 5.74) is 0.672. The van der Waals surface area contributed by atoms with E-state index in [1.54, 1.807) is 0 Å². The summed E-state index contributed by atoms with van der Waals surface area (Å²) in [6.45, 7) is 5.08. The summed E-state index contributed by atoms with van der Waals surface area (Å²) in [6, 6.07) is 3.06. The fourth-order valence-corrected chi connectivity index (χ4v) is 2.97. The minimum atomic E-state index is -1.11. The zero-order valence-electron chi connectivity index (χ0n) is 14.2. The second-order valence-electron chi connectivity index (χ2n) is 5.98. The predicted octanol–water partition coefficient (Wildman–Crippen LogP) is 3.50. The molecule has 0 spiro atoms. The highest BCUT2D eigenvalue weighted by molar-refractivity contribution is 6.45. The zero-order chi connectivity index (χ0) is 19.4. The van der Waals surface area contributed by atoms with E-state index in [9.17, 15) is 14.4 Å². The molecule has 2 unspecified atom stereocenters. The number of carboxylic acid groups (broad SMARTS) is 1. The summed E-state index contributed by atoms with van der Waals surface area (Å²) >= 11 is 12.4. The average molecular weight is 400 g/mol. The van der Waals surface area contributed by atoms with Crippen LogP contribution in [0.15, 0.2) is 24.3 Å². The van der Waals surface area contributed by atoms with E-state index in [2.05, 4.69) is 11.9 Å². The molecular formula is C18H19Cl2NO5. The van der Waals surface area contributed by atoms with E-state index in [-0.39, 0.29) is 33.0 Å². The fourth-order valence-electron chi connectivity index (χ4n) is 2.52. The van der Waals surface area contributed by atoms with E-state index in [1.807, 2.05) is 6.92 Å². The second kappa shape index (κ2) is 8.56. The van der Waals surface area contributed by atoms with Gasteiger partial charge in [-0.05, 0) is 37.0 Å². The van der Waals surface area contributed by atoms with Gasteiger partial charge in [-0.1, -0.05) is 36.7 Å². The van der Waals surface area contributed by atoms with Crippen LogP contribution in [0.1, 0.15) is 36.5 Å². The molecule has 0 bridgehead atoms. The minimum absolute atomic E-state index is 0.0787. The van der Waals surface area contributed by atoms with Gasteiger partial charge in [-0.15, -0.1) is 0 Å². The molecule has 140 valence electrons. The number of Topliss-reactive ketones (excluding diaryl/α,β-unsaturated/α-hetero) is 1. The van der Waals surface area contributed by atoms with Gasteiger partial charge in [0.1, 0.15) is 23.4 Å². The first-order chi connectivity index (χ1) is 12.3. The van der Waals surface area contributed by atoms with Crippen LogP contribution in [0.4, 0.5) is 0 Å². The van der Waals surface area contributed by atoms with Crippen molar-refractivity contribution in [3.05, 3.63) is 39.9 Å². The largest absolute Gasteiger partial charge is 0.488 e. The number of aliphatic carboxylic acids is 1. The van der Waals surface area contributed by atoms with Crippen molar-refractivity contribution in [3.63, 3.8) is 0 Å². The monoisotopic (exact) mass is 399 g/mol. The van der Waals surface area contributed by atoms with Crippen LogP contribution in [0.25, 0.3) is 0 Å². The van der Waals surface area contributed by atoms with E-state index in [0.29, 0.717) is 24.8 Å². The van der Waals surface area contributed by atoms with Crippen molar-refractivity contribution in [2.45, 2.75) is 32.3 Å². The van der Waals surface area contributed by atoms with Gasteiger partial charge in [-0.25, -0.2) is 0 Å². The van der Waals surface area contributed by atoms with Crippen LogP contribution in [0.5, 0.6) is 5.75 Å². The Kier molecular flexibility index (Phi) is 6.67. The number of rotatable bonds is 8. The molecule has 1 fully saturated rings. The number of hydrogen-bond donors (Lipinski definition) is 2. The molecule has 0 aliphatic heterocycles. The van der Waals surface area contributed by atoms with Crippen LogP contribution >= 0.6 is 23.2 Å². The Morgan fingerprint density at radius 3 is 2.50 bits per heavy atom. The number of carbonyl (C=O) groups excluding carboxylic acids is 2. The lowest BCUT2D eigenvalue weighted by Crippen LogP contribution is -2.47. The average Bonchev–Trinajstić information content (AvgIpc) is 2.58. The number of carbonyl (C=O) groups is 3. The van der Waals surface area contributed by atoms with Crippen LogP contribution in [0, 0.1) is 5.92 Å². The van der Waals surface area contributed by atoms with Gasteiger partial charge in [0.25, 0.3) is 0 Å². The molecule has 1 amide bonds. The number of ketones is 1. The van der Waals surface area contributed by atoms with Crippen LogP contribution < -0.4 is 10.1 Å². The number of hydrogen-bond acceptors (Lipinski definition) is 4. The van der Waals surface area contributed by atoms with Gasteiger partial charge in [0, 0.05) is 5.56 Å². The smallest absolute Gasteiger partial charge is 0.322 e. The van der Waals surface area contributed by atoms with Gasteiger partial charge in [0.05, 0.1) is 10.9 Å². The molecule has 2 rings (SSSR count). The van der Waals surface area contributed by atoms with Crippen molar-refractivity contribution in [3.8, 4) is 5.75 Å². The lowest BCUT2D eigenvalue weighted by molar-refractivity contribution is -0.140. The van der Waals surface area contributed by atoms with Gasteiger partial charge < -0.3 is 15.2 Å². The number of halogens is 2. The fraction of sp³-hybridized carbons (Fsp3) is 0.389. The highest BCUT2D eigenvalue weighted by Gasteiger charge is 2.39. The van der Waals surface area contributed by atoms with Crippen molar-refractivity contribution in [1.29, 1.82) is 0 Å². The summed E-state index contributed by atoms with van der Waals surface area (Å²) in [5.74, 6) is -1.95. The molecule has 26 heavy (non-hydrogen) atoms. The predicted molar refractivity (Wildman–Crippen MR) is 98.0 cm³/mol. The van der Waals surface area contributed by atoms with Crippen molar-refractivity contribution < 1.29 is 24.2 Å². The van der Waals surface area contributed by atoms with Gasteiger partial charge in [-0.2, -0.15) is 0 Å². The standard InChI is InChI=1S/C18H19Cl2NO5/c1-3-9(2)17(24)11-5-7-13(16(20)15(11)19)26-12-6-4-10(12)18(25)21-8-14(22)23/h5,7,10,12H,2-4,6,8H2,1H3,(H,21,25)(H,22,23). The Balaban J connectivity index is 2.09. The highest BCUT2D eigenvalue weighted by atomic mass is 35.5. The highest BCUT2D eigenvalue weighted by Crippen LogP contribution is 2.39. The lowest BCUT2D eigenvalue weighted by atomic mass is 9.81. The van der Waals surface area contributed by atoms with Crippen LogP contribution in [0.2, 0.25) is 10.0 Å². The molecule has 0 saturated heterocycles. The number of amides is 1. The summed E-state index contributed by atoms with van der Waals surface area (Å²) in [4.78, 5) is 34.7. The molecule has 1 aromatic carbocycles. The van der Waals surface area contributed by atoms with E-state index >= 15 is 0 Å². The Morgan fingerprint density at radius 1 is 1.27 bits per heavy atom. The van der Waals surface area contributed by atoms with E-state index in [4.69, 9.17) is 33.0 Å². The molecule has 8 heteroatoms. The van der Waals surface area contributed by atoms with Crippen LogP contribution in [-0.4, -0.2) is 35.4 Å². The van der Waals surface area contributed by atoms with Crippen molar-refractivity contribution >= 4 is 40.9 Å². The number of benzene rings is 1. The Hall–Kier alpha value is -2.05. The summed E-state index contributed by atoms with van der Waals surface area (Å²) < 4.78 is 5.77. The summed E-state index contributed by atoms with van der Waals surface area (Å²) in [5, 5.41) is 11.1. The first kappa shape index (κ1) is 20.3. The van der Waals surface area contributed by atoms with E-state index in [0.717, 1.165) is 0 Å². The molecule has 2 N–H and O–H groups in total. The van der Waals surface area contributed by atoms with Gasteiger partial charge >= 0.3 is 5.97 Å². The van der Waals surface area contributed by atoms with Crippen LogP contribution in [0.3, 0.4) is 0 Å². The third-order valence-electron chi connectivity index (χ3n) is 4.28. The summed E-state index contributed by atoms with van der Waals surface area (Å²) in [7, 11) is 0. The third kappa shape index (κ3) is 4.37. The Morgan fingerprint density at radius 2 is 1.96 bits per heavy atom. The molecule has 0 heterocycles. The normalized spacial score (nSPS) is 18.6. The first-order valence-corrected chi connectivity index (χ1v) is 8.88. The minimum Gasteiger partial charge on any atom is -0.488 e. The zero-order valence-corrected chi connectivity index (χ0v) is 15.7. The van der Waals surface area contributed by atoms with Crippen molar-refractivity contribution in [2.75, 3.05) is 6.54 Å². The van der Waals surface area contributed by atoms with Crippen molar-refractivity contribution in [1.82, 2.24) is 5.32 Å². The first-order valence-electron chi connectivity index (χ1n) is 8.12. The molecule has 1 aliphatic rings. The molecule has 1 aromatic rings. The molecule has 1 aliphatic carbocycles. The van der Waals surface area contributed by atoms with Gasteiger partial charge in [-0.3, -0.25) is 14.4 Å². The number of carboxylic acids is 1. The maximum atomic E-state index is 12.2. The van der Waals surface area contributed by atoms with Gasteiger partial charge in [0.15, 0.2) is 5.78 Å². The maximum absolute atomic E-state index is 12.2. The van der Waals surface area contributed by atoms with Crippen LogP contribution in [-0.2, 0) is 9.59 Å². The molecule has 6 nitrogen and oxygen atoms in total. The molecule has 0 radical (unpaired) electrons. The third-order valence-corrected chi connectivity index (χ3v) is 5.14. The summed E-state index contributed by atoms with van der Waals surface area (Å²) in [6.07, 6.45) is 1.30. The SMILES string of the molecule is C=C(CC)C(=O)c1ccc(OC2CCC2C(=O)NCC(=O)O)c(Cl)c1Cl. The number of allylic oxidation sites excluding steroid dienone is 1. The van der Waals surface area contributed by atoms with E-state index in [1.165, 1.54) is 12.1 Å². The topological polar surface area (TPSA) is 92.7 Å². The van der Waals surface area contributed by atoms with Crippen molar-refractivity contribution in [2.24, 2.45) is 5.92 Å². The Labute approximate surface area is 161 Å². The molecule has 0 aromatic heterocycles. The maximum Gasteiger partial charge on any atom is 0.322 e. The lowest BCUT2D eigenvalue weighted by Gasteiger charge is -2.35. The second-order valence-corrected chi connectivity index (χ2v) is 6.73. The number of ether oxygens (including phenoxy) is 1. The molecule has 2 atom stereocenters. The van der Waals surface area contributed by atoms with Gasteiger partial charge in [0.2, 0.25) is 5.91 Å². The quantitative estimate of drug-likeness (QED) is 0.515. The Bertz CT molecular complexity index is 762. The molecular weight excluding hydrogens is 381 g/mol. The number of nitrogens with one attached hydrogen (secondary N) is 1. The van der Waals surface area contributed by atoms with E-state index < -0.39 is 24.5 Å².